The molecule has 132 valence electrons. The maximum atomic E-state index is 12.6. The molecule has 1 saturated heterocycles. The lowest BCUT2D eigenvalue weighted by atomic mass is 10.00. The number of sulfone groups is 1. The van der Waals surface area contributed by atoms with Gasteiger partial charge in [0.05, 0.1) is 16.7 Å². The molecule has 7 heteroatoms. The van der Waals surface area contributed by atoms with Gasteiger partial charge in [-0.05, 0) is 12.1 Å². The highest BCUT2D eigenvalue weighted by atomic mass is 32.2. The third-order valence-electron chi connectivity index (χ3n) is 5.15. The number of benzene rings is 1. The summed E-state index contributed by atoms with van der Waals surface area (Å²) < 4.78 is 25.2. The number of rotatable bonds is 4. The lowest BCUT2D eigenvalue weighted by Gasteiger charge is -2.26. The minimum Gasteiger partial charge on any atom is -0.350 e. The second-order valence-electron chi connectivity index (χ2n) is 6.75. The second-order valence-corrected chi connectivity index (χ2v) is 8.97. The van der Waals surface area contributed by atoms with Crippen molar-refractivity contribution >= 4 is 15.8 Å². The summed E-state index contributed by atoms with van der Waals surface area (Å²) in [5.74, 6) is 0.574. The Kier molecular flexibility index (Phi) is 4.21. The van der Waals surface area contributed by atoms with Crippen LogP contribution in [0.15, 0.2) is 36.5 Å². The van der Waals surface area contributed by atoms with E-state index in [1.54, 1.807) is 6.20 Å². The van der Waals surface area contributed by atoms with Crippen LogP contribution in [0.1, 0.15) is 29.7 Å². The minimum absolute atomic E-state index is 0.0472. The van der Waals surface area contributed by atoms with E-state index < -0.39 is 9.84 Å². The van der Waals surface area contributed by atoms with Crippen LogP contribution in [0.5, 0.6) is 0 Å². The molecular weight excluding hydrogens is 336 g/mol. The summed E-state index contributed by atoms with van der Waals surface area (Å²) in [6.07, 6.45) is 1.68. The fraction of sp³-hybridized carbons (Fsp3) is 0.444. The molecule has 2 aliphatic heterocycles. The summed E-state index contributed by atoms with van der Waals surface area (Å²) in [7, 11) is -3.13. The summed E-state index contributed by atoms with van der Waals surface area (Å²) >= 11 is 0. The number of nitrogens with one attached hydrogen (secondary N) is 1. The lowest BCUT2D eigenvalue weighted by molar-refractivity contribution is 0.353. The molecule has 1 fully saturated rings. The van der Waals surface area contributed by atoms with Crippen molar-refractivity contribution in [1.29, 1.82) is 0 Å². The SMILES string of the molecule is CCN1C[C@@H]2c3nc(NCc4ccccc4)ncc3CS(=O)(=O)[C@@H]2C1. The first-order valence-electron chi connectivity index (χ1n) is 8.64. The van der Waals surface area contributed by atoms with Crippen LogP contribution in [0.25, 0.3) is 0 Å². The van der Waals surface area contributed by atoms with Gasteiger partial charge in [0.15, 0.2) is 9.84 Å². The van der Waals surface area contributed by atoms with Gasteiger partial charge in [-0.25, -0.2) is 18.4 Å². The monoisotopic (exact) mass is 358 g/mol. The van der Waals surface area contributed by atoms with Crippen molar-refractivity contribution in [2.45, 2.75) is 30.4 Å². The number of fused-ring (bicyclic) bond motifs is 3. The van der Waals surface area contributed by atoms with Crippen molar-refractivity contribution in [2.75, 3.05) is 25.0 Å². The third kappa shape index (κ3) is 3.14. The van der Waals surface area contributed by atoms with E-state index in [9.17, 15) is 8.42 Å². The molecule has 6 nitrogen and oxygen atoms in total. The highest BCUT2D eigenvalue weighted by molar-refractivity contribution is 7.91. The normalized spacial score (nSPS) is 24.5. The van der Waals surface area contributed by atoms with Crippen molar-refractivity contribution in [2.24, 2.45) is 0 Å². The van der Waals surface area contributed by atoms with Crippen molar-refractivity contribution < 1.29 is 8.42 Å². The van der Waals surface area contributed by atoms with Gasteiger partial charge in [-0.2, -0.15) is 0 Å². The van der Waals surface area contributed by atoms with Crippen LogP contribution in [0, 0.1) is 0 Å². The Balaban J connectivity index is 1.60. The fourth-order valence-electron chi connectivity index (χ4n) is 3.77. The van der Waals surface area contributed by atoms with E-state index in [1.165, 1.54) is 0 Å². The van der Waals surface area contributed by atoms with Gasteiger partial charge in [-0.3, -0.25) is 0 Å². The van der Waals surface area contributed by atoms with E-state index in [1.807, 2.05) is 30.3 Å². The van der Waals surface area contributed by atoms with E-state index in [0.717, 1.165) is 29.9 Å². The summed E-state index contributed by atoms with van der Waals surface area (Å²) in [5.41, 5.74) is 2.81. The Bertz CT molecular complexity index is 870. The molecule has 3 heterocycles. The highest BCUT2D eigenvalue weighted by Gasteiger charge is 2.46. The smallest absolute Gasteiger partial charge is 0.223 e. The topological polar surface area (TPSA) is 75.2 Å². The molecule has 0 bridgehead atoms. The molecule has 0 amide bonds. The van der Waals surface area contributed by atoms with Gasteiger partial charge in [0.25, 0.3) is 0 Å². The Hall–Kier alpha value is -1.99. The summed E-state index contributed by atoms with van der Waals surface area (Å²) in [6, 6.07) is 10.1. The molecule has 1 aromatic carbocycles. The van der Waals surface area contributed by atoms with E-state index in [0.29, 0.717) is 19.0 Å². The Morgan fingerprint density at radius 3 is 2.80 bits per heavy atom. The zero-order chi connectivity index (χ0) is 17.4. The van der Waals surface area contributed by atoms with E-state index in [4.69, 9.17) is 4.98 Å². The summed E-state index contributed by atoms with van der Waals surface area (Å²) in [4.78, 5) is 11.2. The Morgan fingerprint density at radius 2 is 2.04 bits per heavy atom. The van der Waals surface area contributed by atoms with Crippen molar-refractivity contribution in [3.8, 4) is 0 Å². The first-order chi connectivity index (χ1) is 12.1. The van der Waals surface area contributed by atoms with Crippen LogP contribution in [0.3, 0.4) is 0 Å². The van der Waals surface area contributed by atoms with Gasteiger partial charge in [0, 0.05) is 37.3 Å². The zero-order valence-corrected chi connectivity index (χ0v) is 15.0. The van der Waals surface area contributed by atoms with Gasteiger partial charge in [-0.15, -0.1) is 0 Å². The molecule has 4 rings (SSSR count). The number of aromatic nitrogens is 2. The molecule has 2 aliphatic rings. The van der Waals surface area contributed by atoms with Crippen LogP contribution >= 0.6 is 0 Å². The zero-order valence-electron chi connectivity index (χ0n) is 14.2. The van der Waals surface area contributed by atoms with Crippen LogP contribution in [0.2, 0.25) is 0 Å². The quantitative estimate of drug-likeness (QED) is 0.898. The molecule has 2 atom stereocenters. The second kappa shape index (κ2) is 6.38. The lowest BCUT2D eigenvalue weighted by Crippen LogP contribution is -2.35. The average Bonchev–Trinajstić information content (AvgIpc) is 3.07. The molecule has 25 heavy (non-hydrogen) atoms. The first-order valence-corrected chi connectivity index (χ1v) is 10.4. The first kappa shape index (κ1) is 16.5. The molecule has 0 radical (unpaired) electrons. The van der Waals surface area contributed by atoms with Crippen molar-refractivity contribution in [1.82, 2.24) is 14.9 Å². The molecule has 1 N–H and O–H groups in total. The number of likely N-dealkylation sites (tertiary alicyclic amines) is 1. The fourth-order valence-corrected chi connectivity index (χ4v) is 5.80. The summed E-state index contributed by atoms with van der Waals surface area (Å²) in [5, 5.41) is 2.92. The van der Waals surface area contributed by atoms with E-state index in [-0.39, 0.29) is 16.9 Å². The largest absolute Gasteiger partial charge is 0.350 e. The van der Waals surface area contributed by atoms with Gasteiger partial charge in [0.2, 0.25) is 5.95 Å². The maximum absolute atomic E-state index is 12.6. The van der Waals surface area contributed by atoms with E-state index in [2.05, 4.69) is 22.1 Å². The van der Waals surface area contributed by atoms with Crippen molar-refractivity contribution in [3.05, 3.63) is 53.3 Å². The van der Waals surface area contributed by atoms with Crippen LogP contribution < -0.4 is 5.32 Å². The minimum atomic E-state index is -3.13. The van der Waals surface area contributed by atoms with Crippen LogP contribution in [0.4, 0.5) is 5.95 Å². The van der Waals surface area contributed by atoms with Crippen LogP contribution in [-0.4, -0.2) is 48.2 Å². The molecule has 2 aromatic rings. The predicted molar refractivity (Wildman–Crippen MR) is 97.1 cm³/mol. The number of anilines is 1. The van der Waals surface area contributed by atoms with E-state index >= 15 is 0 Å². The number of likely N-dealkylation sites (N-methyl/N-ethyl adjacent to an activating group) is 1. The van der Waals surface area contributed by atoms with Gasteiger partial charge in [0.1, 0.15) is 0 Å². The standard InChI is InChI=1S/C18H22N4O2S/c1-2-22-10-15-16(11-22)25(23,24)12-14-9-20-18(21-17(14)15)19-8-13-6-4-3-5-7-13/h3-7,9,15-16H,2,8,10-12H2,1H3,(H,19,20,21)/t15-,16+/m0/s1. The number of hydrogen-bond acceptors (Lipinski definition) is 6. The molecule has 0 saturated carbocycles. The molecule has 0 unspecified atom stereocenters. The molecule has 1 aromatic heterocycles. The summed E-state index contributed by atoms with van der Waals surface area (Å²) in [6.45, 7) is 4.94. The third-order valence-corrected chi connectivity index (χ3v) is 7.26. The Morgan fingerprint density at radius 1 is 1.24 bits per heavy atom. The predicted octanol–water partition coefficient (Wildman–Crippen LogP) is 1.80. The molecule has 0 aliphatic carbocycles. The van der Waals surface area contributed by atoms with Crippen molar-refractivity contribution in [3.63, 3.8) is 0 Å². The number of nitrogens with zero attached hydrogens (tertiary/aromatic N) is 3. The van der Waals surface area contributed by atoms with Gasteiger partial charge in [-0.1, -0.05) is 37.3 Å². The van der Waals surface area contributed by atoms with Gasteiger partial charge >= 0.3 is 0 Å². The van der Waals surface area contributed by atoms with Crippen LogP contribution in [-0.2, 0) is 22.1 Å². The maximum Gasteiger partial charge on any atom is 0.223 e. The molecule has 0 spiro atoms. The van der Waals surface area contributed by atoms with Gasteiger partial charge < -0.3 is 10.2 Å². The number of hydrogen-bond donors (Lipinski definition) is 1. The Labute approximate surface area is 148 Å². The average molecular weight is 358 g/mol. The highest BCUT2D eigenvalue weighted by Crippen LogP contribution is 2.39. The molecular formula is C18H22N4O2S.